The van der Waals surface area contributed by atoms with E-state index in [9.17, 15) is 8.42 Å². The van der Waals surface area contributed by atoms with Gasteiger partial charge in [-0.05, 0) is 31.2 Å². The zero-order valence-corrected chi connectivity index (χ0v) is 12.5. The van der Waals surface area contributed by atoms with E-state index in [1.807, 2.05) is 25.3 Å². The van der Waals surface area contributed by atoms with Gasteiger partial charge in [0, 0.05) is 31.2 Å². The maximum absolute atomic E-state index is 12.7. The fourth-order valence-electron chi connectivity index (χ4n) is 2.54. The molecule has 5 nitrogen and oxygen atoms in total. The van der Waals surface area contributed by atoms with Crippen LogP contribution in [0, 0.1) is 0 Å². The number of rotatable bonds is 2. The van der Waals surface area contributed by atoms with Crippen LogP contribution in [0.3, 0.4) is 0 Å². The summed E-state index contributed by atoms with van der Waals surface area (Å²) in [6.07, 6.45) is 3.28. The Morgan fingerprint density at radius 1 is 1.30 bits per heavy atom. The number of fused-ring (bicyclic) bond motifs is 1. The molecular formula is C13H14ClN3O2S. The van der Waals surface area contributed by atoms with E-state index in [2.05, 4.69) is 9.55 Å². The van der Waals surface area contributed by atoms with Crippen LogP contribution in [0.4, 0.5) is 0 Å². The number of hydrogen-bond acceptors (Lipinski definition) is 3. The fourth-order valence-corrected chi connectivity index (χ4v) is 4.19. The van der Waals surface area contributed by atoms with Crippen LogP contribution >= 0.6 is 11.6 Å². The van der Waals surface area contributed by atoms with Gasteiger partial charge in [0.05, 0.1) is 6.04 Å². The average Bonchev–Trinajstić information content (AvgIpc) is 2.88. The van der Waals surface area contributed by atoms with Gasteiger partial charge in [-0.1, -0.05) is 11.6 Å². The van der Waals surface area contributed by atoms with Crippen molar-refractivity contribution in [2.24, 2.45) is 0 Å². The van der Waals surface area contributed by atoms with E-state index in [-0.39, 0.29) is 16.1 Å². The summed E-state index contributed by atoms with van der Waals surface area (Å²) < 4.78 is 28.9. The number of pyridine rings is 1. The summed E-state index contributed by atoms with van der Waals surface area (Å²) in [6.45, 7) is 3.01. The topological polar surface area (TPSA) is 55.2 Å². The number of aromatic nitrogens is 2. The molecule has 20 heavy (non-hydrogen) atoms. The molecule has 0 fully saturated rings. The average molecular weight is 312 g/mol. The van der Waals surface area contributed by atoms with Crippen LogP contribution in [0.1, 0.15) is 18.7 Å². The fraction of sp³-hybridized carbons (Fsp3) is 0.308. The van der Waals surface area contributed by atoms with E-state index < -0.39 is 10.0 Å². The SMILES string of the molecule is C[C@@H]1c2cccn2CCN1S(=O)(=O)c1ccc(Cl)nc1. The molecule has 7 heteroatoms. The van der Waals surface area contributed by atoms with Crippen molar-refractivity contribution in [1.82, 2.24) is 13.9 Å². The minimum atomic E-state index is -3.55. The van der Waals surface area contributed by atoms with Crippen LogP contribution in [0.25, 0.3) is 0 Å². The molecule has 0 amide bonds. The lowest BCUT2D eigenvalue weighted by Crippen LogP contribution is -2.40. The van der Waals surface area contributed by atoms with E-state index in [1.165, 1.54) is 22.6 Å². The molecule has 0 bridgehead atoms. The molecule has 0 N–H and O–H groups in total. The summed E-state index contributed by atoms with van der Waals surface area (Å²) in [7, 11) is -3.55. The van der Waals surface area contributed by atoms with E-state index >= 15 is 0 Å². The number of halogens is 1. The van der Waals surface area contributed by atoms with Crippen LogP contribution in [0.15, 0.2) is 41.6 Å². The van der Waals surface area contributed by atoms with Gasteiger partial charge < -0.3 is 4.57 Å². The lowest BCUT2D eigenvalue weighted by atomic mass is 10.2. The molecule has 0 aromatic carbocycles. The third-order valence-electron chi connectivity index (χ3n) is 3.59. The van der Waals surface area contributed by atoms with Crippen molar-refractivity contribution in [1.29, 1.82) is 0 Å². The first-order chi connectivity index (χ1) is 9.50. The zero-order chi connectivity index (χ0) is 14.3. The summed E-state index contributed by atoms with van der Waals surface area (Å²) in [5.74, 6) is 0. The van der Waals surface area contributed by atoms with Crippen LogP contribution in [-0.2, 0) is 16.6 Å². The molecule has 2 aromatic rings. The van der Waals surface area contributed by atoms with E-state index in [0.717, 1.165) is 5.69 Å². The molecular weight excluding hydrogens is 298 g/mol. The smallest absolute Gasteiger partial charge is 0.245 e. The van der Waals surface area contributed by atoms with Crippen LogP contribution < -0.4 is 0 Å². The lowest BCUT2D eigenvalue weighted by Gasteiger charge is -2.33. The predicted molar refractivity (Wildman–Crippen MR) is 76.0 cm³/mol. The number of hydrogen-bond donors (Lipinski definition) is 0. The highest BCUT2D eigenvalue weighted by Crippen LogP contribution is 2.30. The molecule has 3 rings (SSSR count). The summed E-state index contributed by atoms with van der Waals surface area (Å²) in [5.41, 5.74) is 1.00. The van der Waals surface area contributed by atoms with Crippen LogP contribution in [-0.4, -0.2) is 28.8 Å². The molecule has 0 spiro atoms. The molecule has 0 saturated carbocycles. The van der Waals surface area contributed by atoms with Gasteiger partial charge in [0.2, 0.25) is 10.0 Å². The van der Waals surface area contributed by atoms with Crippen LogP contribution in [0.2, 0.25) is 5.15 Å². The molecule has 1 aliphatic rings. The second-order valence-electron chi connectivity index (χ2n) is 4.73. The van der Waals surface area contributed by atoms with Crippen molar-refractivity contribution in [2.45, 2.75) is 24.4 Å². The van der Waals surface area contributed by atoms with Gasteiger partial charge in [-0.2, -0.15) is 4.31 Å². The Kier molecular flexibility index (Phi) is 3.32. The highest BCUT2D eigenvalue weighted by atomic mass is 35.5. The Labute approximate surface area is 122 Å². The number of nitrogens with zero attached hydrogens (tertiary/aromatic N) is 3. The van der Waals surface area contributed by atoms with E-state index in [0.29, 0.717) is 13.1 Å². The molecule has 2 aromatic heterocycles. The Hall–Kier alpha value is -1.37. The van der Waals surface area contributed by atoms with Crippen molar-refractivity contribution in [3.05, 3.63) is 47.5 Å². The molecule has 0 aliphatic carbocycles. The summed E-state index contributed by atoms with van der Waals surface area (Å²) in [4.78, 5) is 4.03. The first-order valence-corrected chi connectivity index (χ1v) is 8.10. The molecule has 0 unspecified atom stereocenters. The highest BCUT2D eigenvalue weighted by Gasteiger charge is 2.33. The van der Waals surface area contributed by atoms with Gasteiger partial charge in [0.25, 0.3) is 0 Å². The molecule has 106 valence electrons. The molecule has 3 heterocycles. The largest absolute Gasteiger partial charge is 0.349 e. The Balaban J connectivity index is 1.99. The molecule has 1 atom stereocenters. The summed E-state index contributed by atoms with van der Waals surface area (Å²) >= 11 is 5.71. The van der Waals surface area contributed by atoms with E-state index in [4.69, 9.17) is 11.6 Å². The normalized spacial score (nSPS) is 19.8. The van der Waals surface area contributed by atoms with Crippen molar-refractivity contribution in [3.63, 3.8) is 0 Å². The van der Waals surface area contributed by atoms with Gasteiger partial charge in [-0.15, -0.1) is 0 Å². The monoisotopic (exact) mass is 311 g/mol. The standard InChI is InChI=1S/C13H14ClN3O2S/c1-10-12-3-2-6-16(12)7-8-17(10)20(18,19)11-4-5-13(14)15-9-11/h2-6,9-10H,7-8H2,1H3/t10-/m1/s1. The van der Waals surface area contributed by atoms with Gasteiger partial charge in [-0.25, -0.2) is 13.4 Å². The van der Waals surface area contributed by atoms with E-state index in [1.54, 1.807) is 0 Å². The van der Waals surface area contributed by atoms with Gasteiger partial charge in [-0.3, -0.25) is 0 Å². The van der Waals surface area contributed by atoms with Crippen molar-refractivity contribution < 1.29 is 8.42 Å². The zero-order valence-electron chi connectivity index (χ0n) is 10.9. The second-order valence-corrected chi connectivity index (χ2v) is 7.01. The van der Waals surface area contributed by atoms with Gasteiger partial charge in [0.15, 0.2) is 0 Å². The first kappa shape index (κ1) is 13.6. The van der Waals surface area contributed by atoms with Crippen molar-refractivity contribution >= 4 is 21.6 Å². The quantitative estimate of drug-likeness (QED) is 0.800. The number of sulfonamides is 1. The molecule has 1 aliphatic heterocycles. The van der Waals surface area contributed by atoms with Gasteiger partial charge >= 0.3 is 0 Å². The maximum Gasteiger partial charge on any atom is 0.245 e. The summed E-state index contributed by atoms with van der Waals surface area (Å²) in [6, 6.07) is 6.68. The third-order valence-corrected chi connectivity index (χ3v) is 5.77. The van der Waals surface area contributed by atoms with Gasteiger partial charge in [0.1, 0.15) is 10.0 Å². The van der Waals surface area contributed by atoms with Crippen molar-refractivity contribution in [2.75, 3.05) is 6.54 Å². The summed E-state index contributed by atoms with van der Waals surface area (Å²) in [5, 5.41) is 0.282. The predicted octanol–water partition coefficient (Wildman–Crippen LogP) is 2.30. The Morgan fingerprint density at radius 3 is 2.80 bits per heavy atom. The molecule has 0 radical (unpaired) electrons. The minimum absolute atomic E-state index is 0.175. The highest BCUT2D eigenvalue weighted by molar-refractivity contribution is 7.89. The third kappa shape index (κ3) is 2.13. The Bertz CT molecular complexity index is 724. The minimum Gasteiger partial charge on any atom is -0.349 e. The Morgan fingerprint density at radius 2 is 2.10 bits per heavy atom. The first-order valence-electron chi connectivity index (χ1n) is 6.28. The molecule has 0 saturated heterocycles. The van der Waals surface area contributed by atoms with Crippen LogP contribution in [0.5, 0.6) is 0 Å². The maximum atomic E-state index is 12.7. The second kappa shape index (κ2) is 4.87. The van der Waals surface area contributed by atoms with Crippen molar-refractivity contribution in [3.8, 4) is 0 Å². The lowest BCUT2D eigenvalue weighted by molar-refractivity contribution is 0.282.